The van der Waals surface area contributed by atoms with Crippen LogP contribution < -0.4 is 5.73 Å². The summed E-state index contributed by atoms with van der Waals surface area (Å²) in [6.45, 7) is 0.0351. The second-order valence-corrected chi connectivity index (χ2v) is 3.91. The summed E-state index contributed by atoms with van der Waals surface area (Å²) in [7, 11) is 2.85. The van der Waals surface area contributed by atoms with Gasteiger partial charge in [0.1, 0.15) is 5.82 Å². The number of hydrogen-bond donors (Lipinski definition) is 1. The first-order valence-corrected chi connectivity index (χ1v) is 5.15. The molecule has 1 rings (SSSR count). The lowest BCUT2D eigenvalue weighted by atomic mass is 10.1. The molecule has 0 spiro atoms. The van der Waals surface area contributed by atoms with Crippen molar-refractivity contribution in [1.29, 1.82) is 0 Å². The molecule has 0 radical (unpaired) electrons. The summed E-state index contributed by atoms with van der Waals surface area (Å²) in [6.07, 6.45) is 0. The van der Waals surface area contributed by atoms with Crippen LogP contribution in [-0.4, -0.2) is 20.8 Å². The quantitative estimate of drug-likeness (QED) is 0.857. The summed E-state index contributed by atoms with van der Waals surface area (Å²) in [4.78, 5) is 0. The average Bonchev–Trinajstić information content (AvgIpc) is 2.26. The van der Waals surface area contributed by atoms with Gasteiger partial charge < -0.3 is 15.2 Å². The first-order valence-electron chi connectivity index (χ1n) is 4.35. The summed E-state index contributed by atoms with van der Waals surface area (Å²) in [6, 6.07) is 4.53. The van der Waals surface area contributed by atoms with E-state index < -0.39 is 11.6 Å². The topological polar surface area (TPSA) is 44.5 Å². The zero-order valence-corrected chi connectivity index (χ0v) is 10.2. The first-order chi connectivity index (χ1) is 7.09. The molecule has 0 aliphatic heterocycles. The fraction of sp³-hybridized carbons (Fsp3) is 0.400. The molecule has 0 amide bonds. The van der Waals surface area contributed by atoms with Crippen molar-refractivity contribution in [3.8, 4) is 0 Å². The van der Waals surface area contributed by atoms with Gasteiger partial charge in [-0.15, -0.1) is 0 Å². The van der Waals surface area contributed by atoms with Gasteiger partial charge in [-0.3, -0.25) is 0 Å². The lowest BCUT2D eigenvalue weighted by Gasteiger charge is -2.30. The highest BCUT2D eigenvalue weighted by Gasteiger charge is 2.33. The monoisotopic (exact) mass is 277 g/mol. The molecule has 1 aromatic rings. The van der Waals surface area contributed by atoms with Gasteiger partial charge in [0.25, 0.3) is 0 Å². The van der Waals surface area contributed by atoms with E-state index in [0.717, 1.165) is 4.47 Å². The Bertz CT molecular complexity index is 334. The molecule has 0 saturated carbocycles. The lowest BCUT2D eigenvalue weighted by molar-refractivity contribution is -0.209. The molecule has 0 saturated heterocycles. The molecular formula is C10H13BrFNO2. The predicted molar refractivity (Wildman–Crippen MR) is 58.9 cm³/mol. The first kappa shape index (κ1) is 12.6. The highest BCUT2D eigenvalue weighted by molar-refractivity contribution is 9.10. The van der Waals surface area contributed by atoms with Crippen molar-refractivity contribution in [2.75, 3.05) is 20.8 Å². The summed E-state index contributed by atoms with van der Waals surface area (Å²) < 4.78 is 24.6. The molecule has 0 heterocycles. The third kappa shape index (κ3) is 2.36. The Labute approximate surface area is 96.5 Å². The Balaban J connectivity index is 3.27. The predicted octanol–water partition coefficient (Wildman–Crippen LogP) is 1.99. The van der Waals surface area contributed by atoms with Crippen LogP contribution in [0.5, 0.6) is 0 Å². The Morgan fingerprint density at radius 3 is 2.47 bits per heavy atom. The van der Waals surface area contributed by atoms with Crippen LogP contribution in [0, 0.1) is 5.82 Å². The molecule has 0 aromatic heterocycles. The molecule has 15 heavy (non-hydrogen) atoms. The maximum Gasteiger partial charge on any atom is 0.209 e. The van der Waals surface area contributed by atoms with Gasteiger partial charge in [0, 0.05) is 24.3 Å². The van der Waals surface area contributed by atoms with E-state index in [1.54, 1.807) is 12.1 Å². The second kappa shape index (κ2) is 5.03. The van der Waals surface area contributed by atoms with E-state index in [1.807, 2.05) is 0 Å². The molecular weight excluding hydrogens is 265 g/mol. The number of benzene rings is 1. The van der Waals surface area contributed by atoms with E-state index in [2.05, 4.69) is 15.9 Å². The molecule has 2 N–H and O–H groups in total. The smallest absolute Gasteiger partial charge is 0.209 e. The Kier molecular flexibility index (Phi) is 4.21. The van der Waals surface area contributed by atoms with Gasteiger partial charge in [-0.25, -0.2) is 4.39 Å². The van der Waals surface area contributed by atoms with Crippen molar-refractivity contribution in [1.82, 2.24) is 0 Å². The van der Waals surface area contributed by atoms with Crippen molar-refractivity contribution in [2.45, 2.75) is 5.79 Å². The van der Waals surface area contributed by atoms with E-state index in [0.29, 0.717) is 0 Å². The van der Waals surface area contributed by atoms with Gasteiger partial charge in [0.2, 0.25) is 5.79 Å². The molecule has 0 bridgehead atoms. The van der Waals surface area contributed by atoms with Crippen LogP contribution in [0.4, 0.5) is 4.39 Å². The third-order valence-electron chi connectivity index (χ3n) is 2.27. The standard InChI is InChI=1S/C10H13BrFNO2/c1-14-10(6-13,15-2)8-5-7(11)3-4-9(8)12/h3-5H,6,13H2,1-2H3. The Hall–Kier alpha value is -0.490. The van der Waals surface area contributed by atoms with Gasteiger partial charge >= 0.3 is 0 Å². The van der Waals surface area contributed by atoms with Gasteiger partial charge in [-0.2, -0.15) is 0 Å². The molecule has 3 nitrogen and oxygen atoms in total. The highest BCUT2D eigenvalue weighted by atomic mass is 79.9. The minimum absolute atomic E-state index is 0.0351. The van der Waals surface area contributed by atoms with Gasteiger partial charge in [-0.05, 0) is 18.2 Å². The fourth-order valence-electron chi connectivity index (χ4n) is 1.37. The summed E-state index contributed by atoms with van der Waals surface area (Å²) in [5.41, 5.74) is 5.83. The van der Waals surface area contributed by atoms with Crippen molar-refractivity contribution < 1.29 is 13.9 Å². The minimum atomic E-state index is -1.23. The van der Waals surface area contributed by atoms with Gasteiger partial charge in [0.05, 0.1) is 6.54 Å². The summed E-state index contributed by atoms with van der Waals surface area (Å²) >= 11 is 3.26. The molecule has 5 heteroatoms. The zero-order valence-electron chi connectivity index (χ0n) is 8.59. The van der Waals surface area contributed by atoms with E-state index in [9.17, 15) is 4.39 Å². The number of rotatable bonds is 4. The molecule has 0 aliphatic carbocycles. The van der Waals surface area contributed by atoms with Crippen molar-refractivity contribution in [3.05, 3.63) is 34.1 Å². The Morgan fingerprint density at radius 1 is 1.40 bits per heavy atom. The molecule has 0 unspecified atom stereocenters. The summed E-state index contributed by atoms with van der Waals surface area (Å²) in [5, 5.41) is 0. The largest absolute Gasteiger partial charge is 0.348 e. The van der Waals surface area contributed by atoms with E-state index in [1.165, 1.54) is 20.3 Å². The van der Waals surface area contributed by atoms with Crippen molar-refractivity contribution >= 4 is 15.9 Å². The number of ether oxygens (including phenoxy) is 2. The van der Waals surface area contributed by atoms with Crippen molar-refractivity contribution in [2.24, 2.45) is 5.73 Å². The molecule has 0 aliphatic rings. The van der Waals surface area contributed by atoms with Crippen LogP contribution in [0.1, 0.15) is 5.56 Å². The van der Waals surface area contributed by atoms with Crippen LogP contribution in [0.25, 0.3) is 0 Å². The number of hydrogen-bond acceptors (Lipinski definition) is 3. The van der Waals surface area contributed by atoms with E-state index in [4.69, 9.17) is 15.2 Å². The van der Waals surface area contributed by atoms with E-state index in [-0.39, 0.29) is 12.1 Å². The van der Waals surface area contributed by atoms with Crippen LogP contribution in [0.3, 0.4) is 0 Å². The van der Waals surface area contributed by atoms with Crippen LogP contribution in [0.2, 0.25) is 0 Å². The third-order valence-corrected chi connectivity index (χ3v) is 2.76. The van der Waals surface area contributed by atoms with Crippen molar-refractivity contribution in [3.63, 3.8) is 0 Å². The zero-order chi connectivity index (χ0) is 11.5. The van der Waals surface area contributed by atoms with E-state index >= 15 is 0 Å². The van der Waals surface area contributed by atoms with Crippen LogP contribution in [0.15, 0.2) is 22.7 Å². The lowest BCUT2D eigenvalue weighted by Crippen LogP contribution is -2.39. The number of nitrogens with two attached hydrogens (primary N) is 1. The van der Waals surface area contributed by atoms with Gasteiger partial charge in [0.15, 0.2) is 0 Å². The molecule has 1 aromatic carbocycles. The molecule has 84 valence electrons. The van der Waals surface area contributed by atoms with Crippen LogP contribution >= 0.6 is 15.9 Å². The minimum Gasteiger partial charge on any atom is -0.348 e. The SMILES string of the molecule is COC(CN)(OC)c1cc(Br)ccc1F. The molecule has 0 fully saturated rings. The van der Waals surface area contributed by atoms with Crippen LogP contribution in [-0.2, 0) is 15.3 Å². The number of methoxy groups -OCH3 is 2. The Morgan fingerprint density at radius 2 is 2.00 bits per heavy atom. The number of halogens is 2. The molecule has 0 atom stereocenters. The maximum absolute atomic E-state index is 13.6. The highest BCUT2D eigenvalue weighted by Crippen LogP contribution is 2.29. The van der Waals surface area contributed by atoms with Gasteiger partial charge in [-0.1, -0.05) is 15.9 Å². The maximum atomic E-state index is 13.6. The average molecular weight is 278 g/mol. The second-order valence-electron chi connectivity index (χ2n) is 2.99. The normalized spacial score (nSPS) is 11.8. The summed E-state index contributed by atoms with van der Waals surface area (Å²) in [5.74, 6) is -1.64. The fourth-order valence-corrected chi connectivity index (χ4v) is 1.73.